The van der Waals surface area contributed by atoms with Crippen LogP contribution in [0, 0.1) is 3.57 Å². The number of nitrogens with one attached hydrogen (secondary N) is 1. The summed E-state index contributed by atoms with van der Waals surface area (Å²) in [5.74, 6) is 0. The highest BCUT2D eigenvalue weighted by molar-refractivity contribution is 14.1. The molecule has 5 heteroatoms. The highest BCUT2D eigenvalue weighted by Gasteiger charge is 2.05. The average molecular weight is 326 g/mol. The van der Waals surface area contributed by atoms with E-state index in [-0.39, 0.29) is 0 Å². The molecule has 0 aromatic heterocycles. The van der Waals surface area contributed by atoms with E-state index in [2.05, 4.69) is 27.9 Å². The lowest BCUT2D eigenvalue weighted by atomic mass is 10.3. The summed E-state index contributed by atoms with van der Waals surface area (Å²) >= 11 is 7.89. The normalized spacial score (nSPS) is 9.64. The van der Waals surface area contributed by atoms with Crippen molar-refractivity contribution in [3.63, 3.8) is 0 Å². The average Bonchev–Trinajstić information content (AvgIpc) is 2.12. The molecule has 0 spiro atoms. The number of rotatable bonds is 2. The van der Waals surface area contributed by atoms with Gasteiger partial charge in [-0.25, -0.2) is 4.79 Å². The van der Waals surface area contributed by atoms with Crippen LogP contribution in [0.1, 0.15) is 6.92 Å². The molecule has 0 radical (unpaired) electrons. The minimum absolute atomic E-state index is 0.350. The largest absolute Gasteiger partial charge is 0.450 e. The van der Waals surface area contributed by atoms with Crippen LogP contribution in [-0.2, 0) is 4.74 Å². The van der Waals surface area contributed by atoms with Gasteiger partial charge in [-0.1, -0.05) is 11.6 Å². The molecule has 0 heterocycles. The molecule has 1 rings (SSSR count). The van der Waals surface area contributed by atoms with Crippen molar-refractivity contribution in [2.75, 3.05) is 11.9 Å². The van der Waals surface area contributed by atoms with Gasteiger partial charge >= 0.3 is 6.09 Å². The number of benzene rings is 1. The zero-order valence-electron chi connectivity index (χ0n) is 7.51. The van der Waals surface area contributed by atoms with Crippen molar-refractivity contribution >= 4 is 46.0 Å². The summed E-state index contributed by atoms with van der Waals surface area (Å²) in [5, 5.41) is 3.18. The Labute approximate surface area is 101 Å². The number of ether oxygens (including phenoxy) is 1. The minimum atomic E-state index is -0.465. The molecule has 14 heavy (non-hydrogen) atoms. The molecule has 1 N–H and O–H groups in total. The molecule has 0 aliphatic heterocycles. The number of carbonyl (C=O) groups is 1. The topological polar surface area (TPSA) is 38.3 Å². The molecule has 0 aliphatic rings. The molecule has 1 aromatic carbocycles. The summed E-state index contributed by atoms with van der Waals surface area (Å²) in [6.45, 7) is 2.10. The number of hydrogen-bond donors (Lipinski definition) is 1. The van der Waals surface area contributed by atoms with E-state index in [1.165, 1.54) is 0 Å². The molecule has 0 saturated carbocycles. The van der Waals surface area contributed by atoms with Gasteiger partial charge in [0.2, 0.25) is 0 Å². The van der Waals surface area contributed by atoms with E-state index in [0.29, 0.717) is 17.3 Å². The maximum Gasteiger partial charge on any atom is 0.411 e. The third-order valence-corrected chi connectivity index (χ3v) is 2.62. The van der Waals surface area contributed by atoms with Crippen molar-refractivity contribution in [1.29, 1.82) is 0 Å². The van der Waals surface area contributed by atoms with E-state index in [1.807, 2.05) is 6.07 Å². The Balaban J connectivity index is 2.75. The van der Waals surface area contributed by atoms with Crippen molar-refractivity contribution in [1.82, 2.24) is 0 Å². The number of halogens is 2. The lowest BCUT2D eigenvalue weighted by Crippen LogP contribution is -2.14. The van der Waals surface area contributed by atoms with Gasteiger partial charge in [0, 0.05) is 8.59 Å². The Hall–Kier alpha value is -0.490. The van der Waals surface area contributed by atoms with Crippen LogP contribution in [-0.4, -0.2) is 12.7 Å². The third kappa shape index (κ3) is 3.34. The van der Waals surface area contributed by atoms with Gasteiger partial charge in [0.15, 0.2) is 0 Å². The first-order chi connectivity index (χ1) is 6.63. The molecule has 76 valence electrons. The quantitative estimate of drug-likeness (QED) is 0.845. The molecule has 0 saturated heterocycles. The Kier molecular flexibility index (Phi) is 4.47. The summed E-state index contributed by atoms with van der Waals surface area (Å²) < 4.78 is 5.66. The predicted octanol–water partition coefficient (Wildman–Crippen LogP) is 3.51. The second kappa shape index (κ2) is 5.41. The fourth-order valence-corrected chi connectivity index (χ4v) is 1.51. The third-order valence-electron chi connectivity index (χ3n) is 1.44. The Morgan fingerprint density at radius 3 is 3.00 bits per heavy atom. The summed E-state index contributed by atoms with van der Waals surface area (Å²) in [6.07, 6.45) is -0.465. The van der Waals surface area contributed by atoms with Crippen LogP contribution in [0.4, 0.5) is 10.5 Å². The van der Waals surface area contributed by atoms with Crippen molar-refractivity contribution in [3.05, 3.63) is 26.8 Å². The molecule has 0 unspecified atom stereocenters. The first-order valence-electron chi connectivity index (χ1n) is 4.02. The van der Waals surface area contributed by atoms with Crippen LogP contribution < -0.4 is 5.32 Å². The van der Waals surface area contributed by atoms with Gasteiger partial charge in [-0.05, 0) is 47.7 Å². The number of anilines is 1. The molecule has 0 aliphatic carbocycles. The zero-order chi connectivity index (χ0) is 10.6. The number of hydrogen-bond acceptors (Lipinski definition) is 2. The van der Waals surface area contributed by atoms with Gasteiger partial charge in [0.1, 0.15) is 0 Å². The van der Waals surface area contributed by atoms with E-state index in [4.69, 9.17) is 16.3 Å². The first-order valence-corrected chi connectivity index (χ1v) is 5.48. The van der Waals surface area contributed by atoms with E-state index < -0.39 is 6.09 Å². The van der Waals surface area contributed by atoms with Gasteiger partial charge in [-0.3, -0.25) is 5.32 Å². The molecular formula is C9H9ClINO2. The first kappa shape index (κ1) is 11.6. The van der Waals surface area contributed by atoms with E-state index in [9.17, 15) is 4.79 Å². The van der Waals surface area contributed by atoms with Gasteiger partial charge in [-0.2, -0.15) is 0 Å². The maximum absolute atomic E-state index is 11.1. The van der Waals surface area contributed by atoms with Crippen molar-refractivity contribution in [2.24, 2.45) is 0 Å². The Morgan fingerprint density at radius 2 is 2.36 bits per heavy atom. The van der Waals surface area contributed by atoms with Crippen LogP contribution in [0.2, 0.25) is 5.02 Å². The molecule has 0 bridgehead atoms. The molecule has 1 amide bonds. The molecule has 3 nitrogen and oxygen atoms in total. The van der Waals surface area contributed by atoms with Gasteiger partial charge in [0.05, 0.1) is 12.3 Å². The van der Waals surface area contributed by atoms with E-state index >= 15 is 0 Å². The van der Waals surface area contributed by atoms with Crippen LogP contribution in [0.5, 0.6) is 0 Å². The molecule has 0 atom stereocenters. The molecule has 0 fully saturated rings. The maximum atomic E-state index is 11.1. The number of carbonyl (C=O) groups excluding carboxylic acids is 1. The van der Waals surface area contributed by atoms with E-state index in [1.54, 1.807) is 19.1 Å². The molecular weight excluding hydrogens is 316 g/mol. The zero-order valence-corrected chi connectivity index (χ0v) is 10.4. The Bertz CT molecular complexity index is 344. The summed E-state index contributed by atoms with van der Waals surface area (Å²) in [4.78, 5) is 11.1. The standard InChI is InChI=1S/C9H9ClINO2/c1-2-14-9(13)12-8-5-6(10)3-4-7(8)11/h3-5H,2H2,1H3,(H,12,13). The Morgan fingerprint density at radius 1 is 1.64 bits per heavy atom. The second-order valence-electron chi connectivity index (χ2n) is 2.47. The van der Waals surface area contributed by atoms with E-state index in [0.717, 1.165) is 3.57 Å². The lowest BCUT2D eigenvalue weighted by molar-refractivity contribution is 0.168. The summed E-state index contributed by atoms with van der Waals surface area (Å²) in [5.41, 5.74) is 0.663. The summed E-state index contributed by atoms with van der Waals surface area (Å²) in [6, 6.07) is 5.27. The van der Waals surface area contributed by atoms with Gasteiger partial charge in [0.25, 0.3) is 0 Å². The molecule has 1 aromatic rings. The van der Waals surface area contributed by atoms with Crippen LogP contribution in [0.25, 0.3) is 0 Å². The van der Waals surface area contributed by atoms with Gasteiger partial charge < -0.3 is 4.74 Å². The van der Waals surface area contributed by atoms with Crippen LogP contribution in [0.3, 0.4) is 0 Å². The highest BCUT2D eigenvalue weighted by Crippen LogP contribution is 2.22. The smallest absolute Gasteiger partial charge is 0.411 e. The lowest BCUT2D eigenvalue weighted by Gasteiger charge is -2.07. The van der Waals surface area contributed by atoms with Crippen LogP contribution in [0.15, 0.2) is 18.2 Å². The van der Waals surface area contributed by atoms with Crippen molar-refractivity contribution in [3.8, 4) is 0 Å². The van der Waals surface area contributed by atoms with Crippen molar-refractivity contribution < 1.29 is 9.53 Å². The van der Waals surface area contributed by atoms with Crippen LogP contribution >= 0.6 is 34.2 Å². The predicted molar refractivity (Wildman–Crippen MR) is 64.8 cm³/mol. The fourth-order valence-electron chi connectivity index (χ4n) is 0.870. The SMILES string of the molecule is CCOC(=O)Nc1cc(Cl)ccc1I. The highest BCUT2D eigenvalue weighted by atomic mass is 127. The summed E-state index contributed by atoms with van der Waals surface area (Å²) in [7, 11) is 0. The van der Waals surface area contributed by atoms with Gasteiger partial charge in [-0.15, -0.1) is 0 Å². The second-order valence-corrected chi connectivity index (χ2v) is 4.07. The van der Waals surface area contributed by atoms with Crippen molar-refractivity contribution in [2.45, 2.75) is 6.92 Å². The number of amides is 1. The monoisotopic (exact) mass is 325 g/mol. The minimum Gasteiger partial charge on any atom is -0.450 e. The fraction of sp³-hybridized carbons (Fsp3) is 0.222.